The van der Waals surface area contributed by atoms with Gasteiger partial charge < -0.3 is 15.0 Å². The summed E-state index contributed by atoms with van der Waals surface area (Å²) in [5, 5.41) is 12.5. The Morgan fingerprint density at radius 1 is 1.58 bits per heavy atom. The molecule has 104 valence electrons. The molecule has 1 atom stereocenters. The molecule has 1 heterocycles. The molecule has 5 nitrogen and oxygen atoms in total. The van der Waals surface area contributed by atoms with Crippen LogP contribution in [0, 0.1) is 6.92 Å². The number of carbonyl (C=O) groups excluding carboxylic acids is 1. The molecule has 1 rings (SSSR count). The number of hydrogen-bond donors (Lipinski definition) is 2. The van der Waals surface area contributed by atoms with Gasteiger partial charge in [-0.2, -0.15) is 0 Å². The maximum absolute atomic E-state index is 11.6. The maximum atomic E-state index is 11.6. The fourth-order valence-corrected chi connectivity index (χ4v) is 1.68. The molecular formula is C14H20N2O3. The lowest BCUT2D eigenvalue weighted by molar-refractivity contribution is -0.118. The monoisotopic (exact) mass is 264 g/mol. The van der Waals surface area contributed by atoms with Gasteiger partial charge in [0, 0.05) is 30.4 Å². The average Bonchev–Trinajstić information content (AvgIpc) is 2.37. The first-order valence-electron chi connectivity index (χ1n) is 6.22. The first-order valence-corrected chi connectivity index (χ1v) is 6.22. The highest BCUT2D eigenvalue weighted by Crippen LogP contribution is 2.10. The number of hydrogen-bond acceptors (Lipinski definition) is 3. The van der Waals surface area contributed by atoms with Gasteiger partial charge in [-0.15, -0.1) is 0 Å². The van der Waals surface area contributed by atoms with Crippen LogP contribution in [0.3, 0.4) is 0 Å². The van der Waals surface area contributed by atoms with Crippen LogP contribution < -0.4 is 10.7 Å². The van der Waals surface area contributed by atoms with Gasteiger partial charge in [-0.1, -0.05) is 13.5 Å². The lowest BCUT2D eigenvalue weighted by Crippen LogP contribution is -2.38. The molecule has 0 aliphatic heterocycles. The van der Waals surface area contributed by atoms with Crippen molar-refractivity contribution in [3.8, 4) is 5.75 Å². The molecule has 0 saturated heterocycles. The molecule has 0 saturated carbocycles. The molecule has 0 aromatic carbocycles. The summed E-state index contributed by atoms with van der Waals surface area (Å²) < 4.78 is 1.75. The second kappa shape index (κ2) is 6.22. The normalized spacial score (nSPS) is 11.9. The molecule has 5 heteroatoms. The molecule has 1 amide bonds. The van der Waals surface area contributed by atoms with Gasteiger partial charge in [0.25, 0.3) is 0 Å². The quantitative estimate of drug-likeness (QED) is 0.788. The van der Waals surface area contributed by atoms with Crippen molar-refractivity contribution < 1.29 is 9.90 Å². The summed E-state index contributed by atoms with van der Waals surface area (Å²) in [5.74, 6) is -0.432. The first kappa shape index (κ1) is 15.0. The van der Waals surface area contributed by atoms with Gasteiger partial charge in [0.2, 0.25) is 11.3 Å². The third-order valence-corrected chi connectivity index (χ3v) is 3.05. The second-order valence-corrected chi connectivity index (χ2v) is 4.63. The molecule has 0 bridgehead atoms. The van der Waals surface area contributed by atoms with Crippen molar-refractivity contribution in [3.05, 3.63) is 40.3 Å². The van der Waals surface area contributed by atoms with Crippen LogP contribution in [-0.4, -0.2) is 21.6 Å². The first-order chi connectivity index (χ1) is 8.86. The fourth-order valence-electron chi connectivity index (χ4n) is 1.68. The molecule has 19 heavy (non-hydrogen) atoms. The highest BCUT2D eigenvalue weighted by Gasteiger charge is 2.13. The van der Waals surface area contributed by atoms with Crippen molar-refractivity contribution in [1.29, 1.82) is 0 Å². The number of nitrogens with one attached hydrogen (secondary N) is 1. The molecule has 0 spiro atoms. The van der Waals surface area contributed by atoms with E-state index in [4.69, 9.17) is 0 Å². The Hall–Kier alpha value is -2.04. The van der Waals surface area contributed by atoms with Gasteiger partial charge in [-0.3, -0.25) is 9.59 Å². The van der Waals surface area contributed by atoms with E-state index in [0.717, 1.165) is 6.42 Å². The van der Waals surface area contributed by atoms with Crippen molar-refractivity contribution in [2.24, 2.45) is 0 Å². The zero-order valence-electron chi connectivity index (χ0n) is 11.6. The summed E-state index contributed by atoms with van der Waals surface area (Å²) in [7, 11) is 0. The minimum absolute atomic E-state index is 0.0789. The van der Waals surface area contributed by atoms with Crippen LogP contribution in [0.4, 0.5) is 0 Å². The molecule has 0 aliphatic carbocycles. The molecule has 1 aromatic heterocycles. The van der Waals surface area contributed by atoms with Crippen LogP contribution in [0.15, 0.2) is 29.2 Å². The predicted molar refractivity (Wildman–Crippen MR) is 74.1 cm³/mol. The van der Waals surface area contributed by atoms with Crippen LogP contribution in [0.25, 0.3) is 0 Å². The van der Waals surface area contributed by atoms with Crippen LogP contribution in [0.5, 0.6) is 5.75 Å². The van der Waals surface area contributed by atoms with E-state index >= 15 is 0 Å². The third-order valence-electron chi connectivity index (χ3n) is 3.05. The van der Waals surface area contributed by atoms with E-state index in [0.29, 0.717) is 17.8 Å². The second-order valence-electron chi connectivity index (χ2n) is 4.63. The van der Waals surface area contributed by atoms with E-state index in [-0.39, 0.29) is 17.7 Å². The summed E-state index contributed by atoms with van der Waals surface area (Å²) in [5.41, 5.74) is 0.557. The number of amides is 1. The Balaban J connectivity index is 2.88. The van der Waals surface area contributed by atoms with Gasteiger partial charge in [0.1, 0.15) is 0 Å². The highest BCUT2D eigenvalue weighted by atomic mass is 16.3. The maximum Gasteiger partial charge on any atom is 0.246 e. The fraction of sp³-hybridized carbons (Fsp3) is 0.429. The average molecular weight is 264 g/mol. The number of rotatable bonds is 5. The Morgan fingerprint density at radius 2 is 2.21 bits per heavy atom. The van der Waals surface area contributed by atoms with E-state index in [9.17, 15) is 14.7 Å². The summed E-state index contributed by atoms with van der Waals surface area (Å²) in [6.45, 7) is 9.37. The van der Waals surface area contributed by atoms with Crippen molar-refractivity contribution in [3.63, 3.8) is 0 Å². The zero-order valence-corrected chi connectivity index (χ0v) is 11.6. The number of carbonyl (C=O) groups is 1. The summed E-state index contributed by atoms with van der Waals surface area (Å²) in [4.78, 5) is 22.9. The summed E-state index contributed by atoms with van der Waals surface area (Å²) in [6, 6.07) is 1.24. The van der Waals surface area contributed by atoms with E-state index < -0.39 is 5.43 Å². The molecule has 1 aromatic rings. The molecular weight excluding hydrogens is 244 g/mol. The van der Waals surface area contributed by atoms with Crippen molar-refractivity contribution in [1.82, 2.24) is 9.88 Å². The minimum Gasteiger partial charge on any atom is -0.503 e. The number of aromatic hydroxyl groups is 1. The third kappa shape index (κ3) is 3.71. The molecule has 0 radical (unpaired) electrons. The Morgan fingerprint density at radius 3 is 2.74 bits per heavy atom. The smallest absolute Gasteiger partial charge is 0.246 e. The van der Waals surface area contributed by atoms with E-state index in [1.54, 1.807) is 24.6 Å². The lowest BCUT2D eigenvalue weighted by atomic mass is 10.2. The Kier molecular flexibility index (Phi) is 4.92. The van der Waals surface area contributed by atoms with Gasteiger partial charge >= 0.3 is 0 Å². The summed E-state index contributed by atoms with van der Waals surface area (Å²) >= 11 is 0. The van der Waals surface area contributed by atoms with Crippen LogP contribution in [-0.2, 0) is 11.3 Å². The number of pyridine rings is 1. The van der Waals surface area contributed by atoms with Crippen molar-refractivity contribution in [2.45, 2.75) is 39.8 Å². The largest absolute Gasteiger partial charge is 0.503 e. The SMILES string of the molecule is C=C(C)C(=O)NC(CC)Cn1ccc(=O)c(O)c1C. The Labute approximate surface area is 112 Å². The number of nitrogens with zero attached hydrogens (tertiary/aromatic N) is 1. The van der Waals surface area contributed by atoms with Crippen molar-refractivity contribution >= 4 is 5.91 Å². The Bertz CT molecular complexity index is 546. The van der Waals surface area contributed by atoms with Gasteiger partial charge in [-0.25, -0.2) is 0 Å². The van der Waals surface area contributed by atoms with Gasteiger partial charge in [0.15, 0.2) is 5.75 Å². The topological polar surface area (TPSA) is 71.3 Å². The minimum atomic E-state index is -0.396. The number of aromatic nitrogens is 1. The van der Waals surface area contributed by atoms with Crippen molar-refractivity contribution in [2.75, 3.05) is 0 Å². The zero-order chi connectivity index (χ0) is 14.6. The summed E-state index contributed by atoms with van der Waals surface area (Å²) in [6.07, 6.45) is 2.36. The van der Waals surface area contributed by atoms with Gasteiger partial charge in [0.05, 0.1) is 5.69 Å². The molecule has 0 aliphatic rings. The standard InChI is InChI=1S/C14H20N2O3/c1-5-11(15-14(19)9(2)3)8-16-7-6-12(17)13(18)10(16)4/h6-7,11,18H,2,5,8H2,1,3-4H3,(H,15,19). The highest BCUT2D eigenvalue weighted by molar-refractivity contribution is 5.92. The molecule has 1 unspecified atom stereocenters. The molecule has 0 fully saturated rings. The molecule has 2 N–H and O–H groups in total. The van der Waals surface area contributed by atoms with E-state index in [1.165, 1.54) is 6.07 Å². The van der Waals surface area contributed by atoms with E-state index in [2.05, 4.69) is 11.9 Å². The van der Waals surface area contributed by atoms with Gasteiger partial charge in [-0.05, 0) is 20.3 Å². The lowest BCUT2D eigenvalue weighted by Gasteiger charge is -2.20. The van der Waals surface area contributed by atoms with Crippen LogP contribution >= 0.6 is 0 Å². The van der Waals surface area contributed by atoms with Crippen LogP contribution in [0.2, 0.25) is 0 Å². The van der Waals surface area contributed by atoms with Crippen LogP contribution in [0.1, 0.15) is 26.0 Å². The predicted octanol–water partition coefficient (Wildman–Crippen LogP) is 1.33. The van der Waals surface area contributed by atoms with E-state index in [1.807, 2.05) is 6.92 Å².